The highest BCUT2D eigenvalue weighted by Crippen LogP contribution is 2.28. The molecule has 0 aliphatic carbocycles. The summed E-state index contributed by atoms with van der Waals surface area (Å²) in [6.45, 7) is 0. The maximum absolute atomic E-state index is 12.5. The number of methoxy groups -OCH3 is 1. The van der Waals surface area contributed by atoms with Crippen LogP contribution >= 0.6 is 11.3 Å². The van der Waals surface area contributed by atoms with Crippen LogP contribution in [0.5, 0.6) is 5.75 Å². The molecule has 3 aromatic rings. The van der Waals surface area contributed by atoms with Crippen molar-refractivity contribution < 1.29 is 9.53 Å². The van der Waals surface area contributed by atoms with Gasteiger partial charge < -0.3 is 4.74 Å². The number of carbonyl (C=O) groups excluding carboxylic acids is 1. The number of hydrogen-bond donors (Lipinski definition) is 0. The van der Waals surface area contributed by atoms with Crippen LogP contribution in [0.3, 0.4) is 0 Å². The van der Waals surface area contributed by atoms with Crippen molar-refractivity contribution in [3.05, 3.63) is 59.2 Å². The lowest BCUT2D eigenvalue weighted by molar-refractivity contribution is 0.103. The van der Waals surface area contributed by atoms with Gasteiger partial charge in [0, 0.05) is 10.9 Å². The Hall–Kier alpha value is -2.20. The van der Waals surface area contributed by atoms with E-state index in [0.717, 1.165) is 10.1 Å². The second-order valence-electron chi connectivity index (χ2n) is 4.03. The van der Waals surface area contributed by atoms with E-state index < -0.39 is 0 Å². The van der Waals surface area contributed by atoms with Crippen molar-refractivity contribution in [2.75, 3.05) is 7.11 Å². The Bertz CT molecular complexity index is 715. The van der Waals surface area contributed by atoms with Crippen LogP contribution in [0.4, 0.5) is 0 Å². The number of fused-ring (bicyclic) bond motifs is 1. The van der Waals surface area contributed by atoms with E-state index in [-0.39, 0.29) is 5.78 Å². The minimum Gasteiger partial charge on any atom is -0.494 e. The first-order valence-electron chi connectivity index (χ1n) is 5.82. The normalized spacial score (nSPS) is 10.6. The standard InChI is InChI=1S/C15H11NO2S/c1-18-11-6-4-8-16-14(11)15(17)13-9-10-5-2-3-7-12(10)19-13/h2-9H,1H3. The fourth-order valence-electron chi connectivity index (χ4n) is 1.94. The molecule has 2 aromatic heterocycles. The van der Waals surface area contributed by atoms with Crippen molar-refractivity contribution in [1.29, 1.82) is 0 Å². The van der Waals surface area contributed by atoms with Gasteiger partial charge in [0.2, 0.25) is 5.78 Å². The van der Waals surface area contributed by atoms with Crippen LogP contribution < -0.4 is 4.74 Å². The average Bonchev–Trinajstić information content (AvgIpc) is 2.90. The van der Waals surface area contributed by atoms with Crippen LogP contribution in [0.1, 0.15) is 15.4 Å². The van der Waals surface area contributed by atoms with E-state index in [1.165, 1.54) is 11.3 Å². The lowest BCUT2D eigenvalue weighted by Crippen LogP contribution is -2.04. The lowest BCUT2D eigenvalue weighted by atomic mass is 10.2. The lowest BCUT2D eigenvalue weighted by Gasteiger charge is -2.04. The molecule has 0 aliphatic heterocycles. The first kappa shape index (κ1) is 11.9. The van der Waals surface area contributed by atoms with Crippen molar-refractivity contribution in [1.82, 2.24) is 4.98 Å². The Morgan fingerprint density at radius 3 is 2.84 bits per heavy atom. The highest BCUT2D eigenvalue weighted by Gasteiger charge is 2.17. The third kappa shape index (κ3) is 2.11. The molecule has 4 heteroatoms. The molecule has 0 bridgehead atoms. The van der Waals surface area contributed by atoms with Crippen LogP contribution in [0.15, 0.2) is 48.7 Å². The Morgan fingerprint density at radius 1 is 1.21 bits per heavy atom. The molecule has 2 heterocycles. The molecular weight excluding hydrogens is 258 g/mol. The van der Waals surface area contributed by atoms with Crippen molar-refractivity contribution in [2.45, 2.75) is 0 Å². The number of ether oxygens (including phenoxy) is 1. The molecule has 0 unspecified atom stereocenters. The summed E-state index contributed by atoms with van der Waals surface area (Å²) in [6, 6.07) is 13.3. The predicted octanol–water partition coefficient (Wildman–Crippen LogP) is 3.54. The first-order chi connectivity index (χ1) is 9.29. The van der Waals surface area contributed by atoms with Gasteiger partial charge in [0.05, 0.1) is 12.0 Å². The second-order valence-corrected chi connectivity index (χ2v) is 5.12. The number of carbonyl (C=O) groups is 1. The monoisotopic (exact) mass is 269 g/mol. The summed E-state index contributed by atoms with van der Waals surface area (Å²) in [5, 5.41) is 1.07. The molecule has 0 aliphatic rings. The van der Waals surface area contributed by atoms with Gasteiger partial charge in [-0.15, -0.1) is 11.3 Å². The van der Waals surface area contributed by atoms with Crippen LogP contribution in [0.2, 0.25) is 0 Å². The van der Waals surface area contributed by atoms with Crippen LogP contribution in [0, 0.1) is 0 Å². The van der Waals surface area contributed by atoms with Crippen molar-refractivity contribution in [3.63, 3.8) is 0 Å². The smallest absolute Gasteiger partial charge is 0.225 e. The molecule has 0 saturated carbocycles. The largest absolute Gasteiger partial charge is 0.494 e. The van der Waals surface area contributed by atoms with E-state index in [0.29, 0.717) is 16.3 Å². The van der Waals surface area contributed by atoms with Crippen molar-refractivity contribution >= 4 is 27.2 Å². The van der Waals surface area contributed by atoms with Gasteiger partial charge in [0.25, 0.3) is 0 Å². The van der Waals surface area contributed by atoms with E-state index in [1.807, 2.05) is 30.3 Å². The van der Waals surface area contributed by atoms with Gasteiger partial charge in [0.1, 0.15) is 5.75 Å². The quantitative estimate of drug-likeness (QED) is 0.683. The summed E-state index contributed by atoms with van der Waals surface area (Å²) in [5.41, 5.74) is 0.358. The Morgan fingerprint density at radius 2 is 2.05 bits per heavy atom. The summed E-state index contributed by atoms with van der Waals surface area (Å²) in [5.74, 6) is 0.406. The topological polar surface area (TPSA) is 39.2 Å². The van der Waals surface area contributed by atoms with Gasteiger partial charge in [0.15, 0.2) is 5.69 Å². The number of ketones is 1. The minimum atomic E-state index is -0.0985. The molecule has 0 atom stereocenters. The maximum Gasteiger partial charge on any atom is 0.225 e. The van der Waals surface area contributed by atoms with Gasteiger partial charge in [-0.25, -0.2) is 4.98 Å². The van der Waals surface area contributed by atoms with E-state index in [9.17, 15) is 4.79 Å². The predicted molar refractivity (Wildman–Crippen MR) is 76.0 cm³/mol. The van der Waals surface area contributed by atoms with E-state index in [4.69, 9.17) is 4.74 Å². The van der Waals surface area contributed by atoms with Crippen molar-refractivity contribution in [2.24, 2.45) is 0 Å². The van der Waals surface area contributed by atoms with Gasteiger partial charge in [-0.1, -0.05) is 18.2 Å². The molecule has 0 amide bonds. The van der Waals surface area contributed by atoms with Gasteiger partial charge in [-0.3, -0.25) is 4.79 Å². The number of pyridine rings is 1. The molecule has 0 radical (unpaired) electrons. The Kier molecular flexibility index (Phi) is 3.01. The third-order valence-corrected chi connectivity index (χ3v) is 3.97. The minimum absolute atomic E-state index is 0.0985. The Labute approximate surface area is 114 Å². The Balaban J connectivity index is 2.08. The number of thiophene rings is 1. The van der Waals surface area contributed by atoms with E-state index >= 15 is 0 Å². The van der Waals surface area contributed by atoms with Gasteiger partial charge >= 0.3 is 0 Å². The SMILES string of the molecule is COc1cccnc1C(=O)c1cc2ccccc2s1. The summed E-state index contributed by atoms with van der Waals surface area (Å²) in [7, 11) is 1.54. The fourth-order valence-corrected chi connectivity index (χ4v) is 2.94. The number of rotatable bonds is 3. The average molecular weight is 269 g/mol. The molecule has 3 rings (SSSR count). The van der Waals surface area contributed by atoms with Crippen LogP contribution in [-0.2, 0) is 0 Å². The highest BCUT2D eigenvalue weighted by atomic mass is 32.1. The van der Waals surface area contributed by atoms with Crippen molar-refractivity contribution in [3.8, 4) is 5.75 Å². The molecule has 0 N–H and O–H groups in total. The van der Waals surface area contributed by atoms with Gasteiger partial charge in [-0.05, 0) is 29.7 Å². The van der Waals surface area contributed by atoms with E-state index in [1.54, 1.807) is 25.4 Å². The van der Waals surface area contributed by atoms with Crippen LogP contribution in [0.25, 0.3) is 10.1 Å². The molecule has 19 heavy (non-hydrogen) atoms. The second kappa shape index (κ2) is 4.82. The molecule has 3 nitrogen and oxygen atoms in total. The number of aromatic nitrogens is 1. The zero-order valence-electron chi connectivity index (χ0n) is 10.3. The number of benzene rings is 1. The molecule has 0 saturated heterocycles. The summed E-state index contributed by atoms with van der Waals surface area (Å²) in [6.07, 6.45) is 1.60. The highest BCUT2D eigenvalue weighted by molar-refractivity contribution is 7.21. The summed E-state index contributed by atoms with van der Waals surface area (Å²) >= 11 is 1.47. The summed E-state index contributed by atoms with van der Waals surface area (Å²) < 4.78 is 6.28. The molecule has 94 valence electrons. The zero-order valence-corrected chi connectivity index (χ0v) is 11.1. The van der Waals surface area contributed by atoms with E-state index in [2.05, 4.69) is 4.98 Å². The molecule has 0 fully saturated rings. The van der Waals surface area contributed by atoms with Crippen LogP contribution in [-0.4, -0.2) is 17.9 Å². The molecule has 0 spiro atoms. The zero-order chi connectivity index (χ0) is 13.2. The maximum atomic E-state index is 12.5. The number of hydrogen-bond acceptors (Lipinski definition) is 4. The summed E-state index contributed by atoms with van der Waals surface area (Å²) in [4.78, 5) is 17.3. The molecule has 1 aromatic carbocycles. The molecular formula is C15H11NO2S. The fraction of sp³-hybridized carbons (Fsp3) is 0.0667. The third-order valence-electron chi connectivity index (χ3n) is 2.85. The number of nitrogens with zero attached hydrogens (tertiary/aromatic N) is 1. The van der Waals surface area contributed by atoms with Gasteiger partial charge in [-0.2, -0.15) is 0 Å². The first-order valence-corrected chi connectivity index (χ1v) is 6.63.